The van der Waals surface area contributed by atoms with Crippen LogP contribution in [-0.4, -0.2) is 77.0 Å². The third-order valence-electron chi connectivity index (χ3n) is 14.6. The summed E-state index contributed by atoms with van der Waals surface area (Å²) in [6.07, 6.45) is 13.1. The number of ether oxygens (including phenoxy) is 1. The number of anilines is 2. The summed E-state index contributed by atoms with van der Waals surface area (Å²) >= 11 is 0. The number of amides is 1. The zero-order valence-electron chi connectivity index (χ0n) is 36.9. The van der Waals surface area contributed by atoms with Crippen molar-refractivity contribution in [2.24, 2.45) is 11.3 Å². The number of sulfonamides is 1. The summed E-state index contributed by atoms with van der Waals surface area (Å²) in [7, 11) is -4.59. The minimum Gasteiger partial charge on any atom is -0.455 e. The highest BCUT2D eigenvalue weighted by Gasteiger charge is 2.50. The van der Waals surface area contributed by atoms with E-state index in [4.69, 9.17) is 4.74 Å². The van der Waals surface area contributed by atoms with Gasteiger partial charge in [-0.1, -0.05) is 45.0 Å². The molecule has 14 nitrogen and oxygen atoms in total. The molecule has 2 saturated heterocycles. The van der Waals surface area contributed by atoms with Gasteiger partial charge in [-0.3, -0.25) is 19.8 Å². The number of piperidine rings is 1. The van der Waals surface area contributed by atoms with Crippen LogP contribution >= 0.6 is 0 Å². The number of nitrogens with one attached hydrogen (secondary N) is 3. The third kappa shape index (κ3) is 8.94. The molecule has 2 aliphatic carbocycles. The van der Waals surface area contributed by atoms with Gasteiger partial charge in [-0.05, 0) is 136 Å². The van der Waals surface area contributed by atoms with Gasteiger partial charge in [0.1, 0.15) is 22.8 Å². The van der Waals surface area contributed by atoms with Gasteiger partial charge in [0.05, 0.1) is 27.2 Å². The Morgan fingerprint density at radius 2 is 1.77 bits per heavy atom. The SMILES string of the molecule is CC1CCC(O)(CNc2ccc(S(=O)(=O)NC(=O)c3ccc(N4CCC5(CC4)CC(N4CCCC4c4ccccc4C(C)C)C5)cc3Oc3cnc4[nH]ccc4c3)cc2[N+](=O)[O-])CC1. The number of nitro groups is 1. The van der Waals surface area contributed by atoms with Crippen LogP contribution in [0.2, 0.25) is 0 Å². The smallest absolute Gasteiger partial charge is 0.293 e. The number of aromatic amines is 1. The zero-order valence-corrected chi connectivity index (χ0v) is 37.7. The number of benzene rings is 3. The van der Waals surface area contributed by atoms with E-state index in [1.807, 2.05) is 12.1 Å². The van der Waals surface area contributed by atoms with Crippen LogP contribution in [0.25, 0.3) is 11.0 Å². The van der Waals surface area contributed by atoms with Crippen molar-refractivity contribution in [2.45, 2.75) is 113 Å². The van der Waals surface area contributed by atoms with Crippen LogP contribution in [0.4, 0.5) is 17.1 Å². The number of hydrogen-bond donors (Lipinski definition) is 4. The first-order valence-electron chi connectivity index (χ1n) is 22.8. The molecule has 1 spiro atoms. The third-order valence-corrected chi connectivity index (χ3v) is 15.9. The fraction of sp³-hybridized carbons (Fsp3) is 0.469. The molecule has 4 aliphatic rings. The Hall–Kier alpha value is -5.51. The highest BCUT2D eigenvalue weighted by molar-refractivity contribution is 7.90. The Labute approximate surface area is 375 Å². The number of aliphatic hydroxyl groups is 1. The molecule has 15 heteroatoms. The van der Waals surface area contributed by atoms with E-state index < -0.39 is 37.0 Å². The molecule has 64 heavy (non-hydrogen) atoms. The maximum atomic E-state index is 14.0. The molecule has 0 bridgehead atoms. The summed E-state index contributed by atoms with van der Waals surface area (Å²) in [4.78, 5) is 37.6. The van der Waals surface area contributed by atoms with Crippen molar-refractivity contribution in [1.82, 2.24) is 19.6 Å². The molecule has 9 rings (SSSR count). The van der Waals surface area contributed by atoms with Crippen molar-refractivity contribution in [3.8, 4) is 11.5 Å². The monoisotopic (exact) mass is 889 g/mol. The largest absolute Gasteiger partial charge is 0.455 e. The van der Waals surface area contributed by atoms with E-state index >= 15 is 0 Å². The van der Waals surface area contributed by atoms with E-state index in [2.05, 4.69) is 74.8 Å². The van der Waals surface area contributed by atoms with Gasteiger partial charge in [-0.25, -0.2) is 18.1 Å². The van der Waals surface area contributed by atoms with Crippen molar-refractivity contribution < 1.29 is 28.0 Å². The van der Waals surface area contributed by atoms with Gasteiger partial charge in [-0.2, -0.15) is 0 Å². The molecule has 3 aromatic carbocycles. The van der Waals surface area contributed by atoms with Crippen molar-refractivity contribution in [3.63, 3.8) is 0 Å². The van der Waals surface area contributed by atoms with Crippen LogP contribution in [-0.2, 0) is 10.0 Å². The van der Waals surface area contributed by atoms with Crippen LogP contribution in [0.5, 0.6) is 11.5 Å². The van der Waals surface area contributed by atoms with Crippen molar-refractivity contribution in [2.75, 3.05) is 36.4 Å². The van der Waals surface area contributed by atoms with Crippen LogP contribution in [0, 0.1) is 21.4 Å². The molecule has 4 fully saturated rings. The molecule has 0 radical (unpaired) electrons. The van der Waals surface area contributed by atoms with E-state index in [0.29, 0.717) is 53.6 Å². The maximum Gasteiger partial charge on any atom is 0.293 e. The zero-order chi connectivity index (χ0) is 44.8. The molecule has 1 atom stereocenters. The standard InChI is InChI=1S/C49H59N7O7S/c1-32(2)39-7-4-5-8-40(39)43-9-6-22-55(43)36-28-48(29-36)19-23-54(24-20-48)35-10-12-41(45(26-35)63-37-25-34-16-21-50-46(34)51-30-37)47(57)53-64(61,62)38-11-13-42(44(27-38)56(59)60)52-31-49(58)17-14-33(3)15-18-49/h4-5,7-8,10-13,16,21,25-27,30,32-33,36,43,52,58H,6,9,14-15,17-20,22-24,28-29,31H2,1-3H3,(H,50,51)(H,53,57). The summed E-state index contributed by atoms with van der Waals surface area (Å²) in [6.45, 7) is 9.61. The average molecular weight is 890 g/mol. The number of carbonyl (C=O) groups is 1. The topological polar surface area (TPSA) is 183 Å². The second kappa shape index (κ2) is 17.5. The van der Waals surface area contributed by atoms with Crippen molar-refractivity contribution in [1.29, 1.82) is 0 Å². The number of rotatable bonds is 13. The van der Waals surface area contributed by atoms with Gasteiger partial charge in [-0.15, -0.1) is 0 Å². The Morgan fingerprint density at radius 1 is 1.00 bits per heavy atom. The Bertz CT molecular complexity index is 2640. The first-order valence-corrected chi connectivity index (χ1v) is 24.3. The molecule has 1 amide bonds. The number of pyridine rings is 1. The van der Waals surface area contributed by atoms with E-state index in [9.17, 15) is 28.4 Å². The lowest BCUT2D eigenvalue weighted by atomic mass is 9.59. The molecule has 1 unspecified atom stereocenters. The highest BCUT2D eigenvalue weighted by atomic mass is 32.2. The molecule has 4 N–H and O–H groups in total. The number of fused-ring (bicyclic) bond motifs is 1. The number of aromatic nitrogens is 2. The molecule has 5 aromatic rings. The lowest BCUT2D eigenvalue weighted by Crippen LogP contribution is -2.54. The summed E-state index contributed by atoms with van der Waals surface area (Å²) < 4.78 is 36.0. The van der Waals surface area contributed by atoms with Crippen LogP contribution in [0.3, 0.4) is 0 Å². The molecule has 4 heterocycles. The number of carbonyl (C=O) groups excluding carboxylic acids is 1. The Balaban J connectivity index is 0.902. The number of likely N-dealkylation sites (tertiary alicyclic amines) is 1. The van der Waals surface area contributed by atoms with Crippen molar-refractivity contribution >= 4 is 44.0 Å². The summed E-state index contributed by atoms with van der Waals surface area (Å²) in [5.74, 6) is 0.545. The number of H-pyrrole nitrogens is 1. The molecule has 2 aliphatic heterocycles. The fourth-order valence-corrected chi connectivity index (χ4v) is 11.7. The lowest BCUT2D eigenvalue weighted by molar-refractivity contribution is -0.384. The highest BCUT2D eigenvalue weighted by Crippen LogP contribution is 2.54. The number of nitro benzene ring substituents is 1. The molecule has 2 saturated carbocycles. The number of hydrogen-bond acceptors (Lipinski definition) is 11. The summed E-state index contributed by atoms with van der Waals surface area (Å²) in [5.41, 5.74) is 3.31. The summed E-state index contributed by atoms with van der Waals surface area (Å²) in [5, 5.41) is 27.0. The minimum atomic E-state index is -4.59. The van der Waals surface area contributed by atoms with Crippen LogP contribution < -0.4 is 19.7 Å². The van der Waals surface area contributed by atoms with Gasteiger partial charge in [0.2, 0.25) is 0 Å². The van der Waals surface area contributed by atoms with Gasteiger partial charge in [0.25, 0.3) is 21.6 Å². The fourth-order valence-electron chi connectivity index (χ4n) is 10.8. The Kier molecular flexibility index (Phi) is 11.9. The maximum absolute atomic E-state index is 14.0. The normalized spacial score (nSPS) is 22.7. The van der Waals surface area contributed by atoms with E-state index in [-0.39, 0.29) is 23.5 Å². The second-order valence-electron chi connectivity index (χ2n) is 19.2. The van der Waals surface area contributed by atoms with Crippen molar-refractivity contribution in [3.05, 3.63) is 112 Å². The minimum absolute atomic E-state index is 0.0288. The predicted molar refractivity (Wildman–Crippen MR) is 248 cm³/mol. The quantitative estimate of drug-likeness (QED) is 0.0653. The lowest BCUT2D eigenvalue weighted by Gasteiger charge is -2.56. The molecule has 338 valence electrons. The van der Waals surface area contributed by atoms with Gasteiger partial charge < -0.3 is 25.0 Å². The molecule has 2 aromatic heterocycles. The average Bonchev–Trinajstić information content (AvgIpc) is 3.96. The Morgan fingerprint density at radius 3 is 2.52 bits per heavy atom. The molecular weight excluding hydrogens is 831 g/mol. The molecular formula is C49H59N7O7S. The van der Waals surface area contributed by atoms with Crippen LogP contribution in [0.1, 0.15) is 118 Å². The predicted octanol–water partition coefficient (Wildman–Crippen LogP) is 9.44. The van der Waals surface area contributed by atoms with E-state index in [1.54, 1.807) is 24.4 Å². The van der Waals surface area contributed by atoms with E-state index in [0.717, 1.165) is 62.5 Å². The number of nitrogens with zero attached hydrogens (tertiary/aromatic N) is 4. The van der Waals surface area contributed by atoms with Gasteiger partial charge in [0.15, 0.2) is 0 Å². The van der Waals surface area contributed by atoms with Gasteiger partial charge >= 0.3 is 0 Å². The second-order valence-corrected chi connectivity index (χ2v) is 20.9. The summed E-state index contributed by atoms with van der Waals surface area (Å²) in [6, 6.07) is 22.3. The van der Waals surface area contributed by atoms with Crippen LogP contribution in [0.15, 0.2) is 90.1 Å². The van der Waals surface area contributed by atoms with E-state index in [1.165, 1.54) is 55.1 Å². The first-order chi connectivity index (χ1) is 30.7. The van der Waals surface area contributed by atoms with Gasteiger partial charge in [0, 0.05) is 61.1 Å². The first kappa shape index (κ1) is 43.7.